The third kappa shape index (κ3) is 4.12. The van der Waals surface area contributed by atoms with Crippen molar-refractivity contribution in [3.8, 4) is 0 Å². The van der Waals surface area contributed by atoms with Crippen molar-refractivity contribution in [3.05, 3.63) is 47.5 Å². The summed E-state index contributed by atoms with van der Waals surface area (Å²) in [7, 11) is 3.86. The maximum Gasteiger partial charge on any atom is 0.242 e. The molecule has 0 aliphatic heterocycles. The highest BCUT2D eigenvalue weighted by atomic mass is 16.2. The first-order valence-corrected chi connectivity index (χ1v) is 9.46. The van der Waals surface area contributed by atoms with Gasteiger partial charge in [0.1, 0.15) is 12.4 Å². The maximum absolute atomic E-state index is 12.9. The summed E-state index contributed by atoms with van der Waals surface area (Å²) in [4.78, 5) is 14.9. The van der Waals surface area contributed by atoms with E-state index in [0.717, 1.165) is 17.0 Å². The number of carbonyl (C=O) groups excluding carboxylic acids is 1. The molecule has 140 valence electrons. The van der Waals surface area contributed by atoms with Gasteiger partial charge in [0.05, 0.1) is 6.54 Å². The van der Waals surface area contributed by atoms with Crippen LogP contribution in [0.15, 0.2) is 30.6 Å². The van der Waals surface area contributed by atoms with Crippen LogP contribution in [0.5, 0.6) is 0 Å². The van der Waals surface area contributed by atoms with Crippen molar-refractivity contribution in [3.63, 3.8) is 0 Å². The number of hydrogen-bond acceptors (Lipinski definition) is 4. The molecule has 1 atom stereocenters. The molecule has 1 aliphatic rings. The quantitative estimate of drug-likeness (QED) is 0.865. The first-order valence-electron chi connectivity index (χ1n) is 9.46. The molecule has 1 N–H and O–H groups in total. The van der Waals surface area contributed by atoms with Crippen molar-refractivity contribution in [1.29, 1.82) is 0 Å². The zero-order chi connectivity index (χ0) is 18.5. The molecule has 1 aliphatic carbocycles. The van der Waals surface area contributed by atoms with Gasteiger partial charge in [0.25, 0.3) is 0 Å². The summed E-state index contributed by atoms with van der Waals surface area (Å²) in [5.41, 5.74) is 2.15. The van der Waals surface area contributed by atoms with Gasteiger partial charge < -0.3 is 9.88 Å². The molecule has 1 heterocycles. The Morgan fingerprint density at radius 2 is 2.00 bits per heavy atom. The van der Waals surface area contributed by atoms with E-state index < -0.39 is 0 Å². The van der Waals surface area contributed by atoms with Crippen LogP contribution in [0.25, 0.3) is 0 Å². The van der Waals surface area contributed by atoms with E-state index >= 15 is 0 Å². The van der Waals surface area contributed by atoms with Gasteiger partial charge in [-0.05, 0) is 45.0 Å². The number of carbonyl (C=O) groups is 1. The highest BCUT2D eigenvalue weighted by molar-refractivity contribution is 5.83. The fraction of sp³-hybridized carbons (Fsp3) is 0.550. The van der Waals surface area contributed by atoms with Gasteiger partial charge in [-0.2, -0.15) is 0 Å². The van der Waals surface area contributed by atoms with Gasteiger partial charge in [-0.25, -0.2) is 0 Å². The van der Waals surface area contributed by atoms with Gasteiger partial charge in [0.2, 0.25) is 5.91 Å². The van der Waals surface area contributed by atoms with Crippen molar-refractivity contribution in [2.45, 2.75) is 57.7 Å². The first kappa shape index (κ1) is 18.6. The van der Waals surface area contributed by atoms with Crippen LogP contribution in [-0.4, -0.2) is 39.7 Å². The number of likely N-dealkylation sites (N-methyl/N-ethyl adjacent to an activating group) is 1. The van der Waals surface area contributed by atoms with Crippen LogP contribution in [0, 0.1) is 6.92 Å². The Bertz CT molecular complexity index is 733. The molecule has 1 amide bonds. The van der Waals surface area contributed by atoms with Crippen molar-refractivity contribution >= 4 is 5.91 Å². The van der Waals surface area contributed by atoms with E-state index in [1.165, 1.54) is 32.1 Å². The molecular formula is C20H29N5O. The number of benzene rings is 1. The Kier molecular flexibility index (Phi) is 6.04. The lowest BCUT2D eigenvalue weighted by molar-refractivity contribution is -0.126. The molecular weight excluding hydrogens is 326 g/mol. The summed E-state index contributed by atoms with van der Waals surface area (Å²) in [6, 6.07) is 8.18. The van der Waals surface area contributed by atoms with Crippen LogP contribution < -0.4 is 5.32 Å². The number of rotatable bonds is 6. The summed E-state index contributed by atoms with van der Waals surface area (Å²) < 4.78 is 2.15. The van der Waals surface area contributed by atoms with E-state index in [1.54, 1.807) is 0 Å². The molecule has 6 heteroatoms. The number of nitrogens with one attached hydrogen (secondary N) is 1. The van der Waals surface area contributed by atoms with Crippen molar-refractivity contribution in [2.75, 3.05) is 14.1 Å². The van der Waals surface area contributed by atoms with E-state index in [-0.39, 0.29) is 11.9 Å². The zero-order valence-electron chi connectivity index (χ0n) is 16.0. The minimum Gasteiger partial charge on any atom is -0.347 e. The summed E-state index contributed by atoms with van der Waals surface area (Å²) >= 11 is 0. The standard InChI is InChI=1S/C20H29N5O/c1-15-9-7-8-12-17(15)19(24(2)3)20(26)21-13-18-23-22-14-25(18)16-10-5-4-6-11-16/h7-9,12,14,16,19H,4-6,10-11,13H2,1-3H3,(H,21,26)/t19-/m0/s1. The Balaban J connectivity index is 1.70. The van der Waals surface area contributed by atoms with E-state index in [0.29, 0.717) is 12.6 Å². The van der Waals surface area contributed by atoms with Crippen molar-refractivity contribution in [2.24, 2.45) is 0 Å². The molecule has 1 aromatic carbocycles. The monoisotopic (exact) mass is 355 g/mol. The largest absolute Gasteiger partial charge is 0.347 e. The first-order chi connectivity index (χ1) is 12.6. The second kappa shape index (κ2) is 8.45. The molecule has 0 radical (unpaired) electrons. The summed E-state index contributed by atoms with van der Waals surface area (Å²) in [5, 5.41) is 11.4. The van der Waals surface area contributed by atoms with Crippen LogP contribution in [0.2, 0.25) is 0 Å². The summed E-state index contributed by atoms with van der Waals surface area (Å²) in [6.45, 7) is 2.45. The second-order valence-corrected chi connectivity index (χ2v) is 7.39. The summed E-state index contributed by atoms with van der Waals surface area (Å²) in [5.74, 6) is 0.829. The normalized spacial score (nSPS) is 16.6. The lowest BCUT2D eigenvalue weighted by Crippen LogP contribution is -2.37. The lowest BCUT2D eigenvalue weighted by Gasteiger charge is -2.26. The predicted octanol–water partition coefficient (Wildman–Crippen LogP) is 3.01. The van der Waals surface area contributed by atoms with Crippen LogP contribution in [0.4, 0.5) is 0 Å². The molecule has 1 fully saturated rings. The van der Waals surface area contributed by atoms with Gasteiger partial charge in [-0.15, -0.1) is 10.2 Å². The van der Waals surface area contributed by atoms with E-state index in [2.05, 4.69) is 20.1 Å². The Labute approximate surface area is 155 Å². The number of amides is 1. The predicted molar refractivity (Wildman–Crippen MR) is 102 cm³/mol. The fourth-order valence-corrected chi connectivity index (χ4v) is 3.87. The van der Waals surface area contributed by atoms with Crippen LogP contribution in [-0.2, 0) is 11.3 Å². The highest BCUT2D eigenvalue weighted by Gasteiger charge is 2.25. The molecule has 0 saturated heterocycles. The topological polar surface area (TPSA) is 63.1 Å². The van der Waals surface area contributed by atoms with Crippen molar-refractivity contribution in [1.82, 2.24) is 25.0 Å². The Hall–Kier alpha value is -2.21. The minimum absolute atomic E-state index is 0.0116. The van der Waals surface area contributed by atoms with Crippen molar-refractivity contribution < 1.29 is 4.79 Å². The van der Waals surface area contributed by atoms with Gasteiger partial charge in [-0.1, -0.05) is 43.5 Å². The minimum atomic E-state index is -0.317. The smallest absolute Gasteiger partial charge is 0.242 e. The number of hydrogen-bond donors (Lipinski definition) is 1. The third-order valence-electron chi connectivity index (χ3n) is 5.28. The molecule has 0 unspecified atom stereocenters. The second-order valence-electron chi connectivity index (χ2n) is 7.39. The third-order valence-corrected chi connectivity index (χ3v) is 5.28. The SMILES string of the molecule is Cc1ccccc1[C@@H](C(=O)NCc1nncn1C1CCCCC1)N(C)C. The van der Waals surface area contributed by atoms with E-state index in [1.807, 2.05) is 56.5 Å². The summed E-state index contributed by atoms with van der Waals surface area (Å²) in [6.07, 6.45) is 7.97. The Morgan fingerprint density at radius 1 is 1.27 bits per heavy atom. The maximum atomic E-state index is 12.9. The van der Waals surface area contributed by atoms with E-state index in [4.69, 9.17) is 0 Å². The van der Waals surface area contributed by atoms with Gasteiger partial charge in [0, 0.05) is 6.04 Å². The van der Waals surface area contributed by atoms with Gasteiger partial charge in [-0.3, -0.25) is 9.69 Å². The average Bonchev–Trinajstić information content (AvgIpc) is 3.11. The van der Waals surface area contributed by atoms with Crippen LogP contribution in [0.3, 0.4) is 0 Å². The molecule has 2 aromatic rings. The fourth-order valence-electron chi connectivity index (χ4n) is 3.87. The molecule has 26 heavy (non-hydrogen) atoms. The highest BCUT2D eigenvalue weighted by Crippen LogP contribution is 2.28. The zero-order valence-corrected chi connectivity index (χ0v) is 16.0. The van der Waals surface area contributed by atoms with Gasteiger partial charge in [0.15, 0.2) is 5.82 Å². The molecule has 3 rings (SSSR count). The molecule has 1 aromatic heterocycles. The van der Waals surface area contributed by atoms with Crippen LogP contribution in [0.1, 0.15) is 61.1 Å². The molecule has 6 nitrogen and oxygen atoms in total. The molecule has 0 spiro atoms. The lowest BCUT2D eigenvalue weighted by atomic mass is 9.95. The van der Waals surface area contributed by atoms with Crippen LogP contribution >= 0.6 is 0 Å². The average molecular weight is 355 g/mol. The number of nitrogens with zero attached hydrogens (tertiary/aromatic N) is 4. The number of aryl methyl sites for hydroxylation is 1. The van der Waals surface area contributed by atoms with Gasteiger partial charge >= 0.3 is 0 Å². The Morgan fingerprint density at radius 3 is 2.69 bits per heavy atom. The molecule has 0 bridgehead atoms. The van der Waals surface area contributed by atoms with E-state index in [9.17, 15) is 4.79 Å². The number of aromatic nitrogens is 3. The molecule has 1 saturated carbocycles.